The van der Waals surface area contributed by atoms with Crippen LogP contribution in [0.15, 0.2) is 24.5 Å². The van der Waals surface area contributed by atoms with Gasteiger partial charge in [0.25, 0.3) is 0 Å². The summed E-state index contributed by atoms with van der Waals surface area (Å²) in [7, 11) is -3.14. The highest BCUT2D eigenvalue weighted by atomic mass is 32.2. The normalized spacial score (nSPS) is 23.8. The van der Waals surface area contributed by atoms with Gasteiger partial charge in [-0.1, -0.05) is 13.3 Å². The summed E-state index contributed by atoms with van der Waals surface area (Å²) in [4.78, 5) is 4.02. The predicted octanol–water partition coefficient (Wildman–Crippen LogP) is 2.01. The molecule has 0 radical (unpaired) electrons. The van der Waals surface area contributed by atoms with Crippen molar-refractivity contribution in [1.82, 2.24) is 14.6 Å². The molecule has 1 N–H and O–H groups in total. The van der Waals surface area contributed by atoms with Gasteiger partial charge >= 0.3 is 0 Å². The second-order valence-electron chi connectivity index (χ2n) is 6.25. The number of nitrogens with zero attached hydrogens (tertiary/aromatic N) is 2. The van der Waals surface area contributed by atoms with Crippen molar-refractivity contribution in [2.75, 3.05) is 13.1 Å². The molecule has 22 heavy (non-hydrogen) atoms. The summed E-state index contributed by atoms with van der Waals surface area (Å²) in [6.07, 6.45) is 5.45. The van der Waals surface area contributed by atoms with E-state index >= 15 is 0 Å². The van der Waals surface area contributed by atoms with E-state index in [-0.39, 0.29) is 5.25 Å². The van der Waals surface area contributed by atoms with E-state index in [4.69, 9.17) is 0 Å². The Labute approximate surface area is 134 Å². The molecule has 0 saturated carbocycles. The van der Waals surface area contributed by atoms with E-state index in [1.54, 1.807) is 30.5 Å². The molecule has 1 saturated heterocycles. The van der Waals surface area contributed by atoms with Crippen molar-refractivity contribution >= 4 is 10.0 Å². The second-order valence-corrected chi connectivity index (χ2v) is 8.74. The number of aromatic nitrogens is 1. The Morgan fingerprint density at radius 1 is 1.36 bits per heavy atom. The lowest BCUT2D eigenvalue weighted by molar-refractivity contribution is 0.200. The SMILES string of the molecule is CC[C@@H]1CN(S(=O)(=O)C(C)C)CC[C@H]1NCc1ccncc1. The van der Waals surface area contributed by atoms with E-state index in [1.165, 1.54) is 5.56 Å². The molecule has 0 unspecified atom stereocenters. The van der Waals surface area contributed by atoms with Gasteiger partial charge in [-0.25, -0.2) is 12.7 Å². The minimum Gasteiger partial charge on any atom is -0.310 e. The summed E-state index contributed by atoms with van der Waals surface area (Å²) in [5, 5.41) is 3.25. The van der Waals surface area contributed by atoms with Gasteiger partial charge in [0.2, 0.25) is 10.0 Å². The van der Waals surface area contributed by atoms with Crippen molar-refractivity contribution < 1.29 is 8.42 Å². The van der Waals surface area contributed by atoms with E-state index in [1.807, 2.05) is 12.1 Å². The molecule has 1 aliphatic heterocycles. The molecule has 2 rings (SSSR count). The summed E-state index contributed by atoms with van der Waals surface area (Å²) in [5.74, 6) is 0.365. The minimum atomic E-state index is -3.14. The van der Waals surface area contributed by atoms with Gasteiger partial charge in [-0.2, -0.15) is 0 Å². The number of pyridine rings is 1. The van der Waals surface area contributed by atoms with Crippen LogP contribution in [0.5, 0.6) is 0 Å². The van der Waals surface area contributed by atoms with Crippen LogP contribution in [0, 0.1) is 5.92 Å². The first-order valence-corrected chi connectivity index (χ1v) is 9.56. The highest BCUT2D eigenvalue weighted by Gasteiger charge is 2.34. The topological polar surface area (TPSA) is 62.3 Å². The van der Waals surface area contributed by atoms with Crippen molar-refractivity contribution in [3.8, 4) is 0 Å². The molecule has 0 bridgehead atoms. The number of hydrogen-bond acceptors (Lipinski definition) is 4. The number of sulfonamides is 1. The summed E-state index contributed by atoms with van der Waals surface area (Å²) in [5.41, 5.74) is 1.21. The quantitative estimate of drug-likeness (QED) is 0.869. The minimum absolute atomic E-state index is 0.341. The maximum atomic E-state index is 12.3. The highest BCUT2D eigenvalue weighted by Crippen LogP contribution is 2.24. The third kappa shape index (κ3) is 4.06. The van der Waals surface area contributed by atoms with Crippen LogP contribution < -0.4 is 5.32 Å². The first-order valence-electron chi connectivity index (χ1n) is 8.06. The van der Waals surface area contributed by atoms with Crippen LogP contribution >= 0.6 is 0 Å². The van der Waals surface area contributed by atoms with Crippen LogP contribution in [0.3, 0.4) is 0 Å². The van der Waals surface area contributed by atoms with Crippen LogP contribution in [-0.4, -0.2) is 42.1 Å². The van der Waals surface area contributed by atoms with E-state index in [0.717, 1.165) is 19.4 Å². The number of nitrogens with one attached hydrogen (secondary N) is 1. The van der Waals surface area contributed by atoms with E-state index in [9.17, 15) is 8.42 Å². The first-order chi connectivity index (χ1) is 10.4. The molecule has 5 nitrogen and oxygen atoms in total. The number of rotatable bonds is 6. The fourth-order valence-corrected chi connectivity index (χ4v) is 4.32. The molecule has 1 fully saturated rings. The molecule has 0 aromatic carbocycles. The summed E-state index contributed by atoms with van der Waals surface area (Å²) < 4.78 is 26.3. The monoisotopic (exact) mass is 325 g/mol. The number of piperidine rings is 1. The van der Waals surface area contributed by atoms with Gasteiger partial charge in [-0.3, -0.25) is 4.98 Å². The first kappa shape index (κ1) is 17.4. The van der Waals surface area contributed by atoms with Gasteiger partial charge in [0.15, 0.2) is 0 Å². The van der Waals surface area contributed by atoms with Crippen LogP contribution in [0.25, 0.3) is 0 Å². The largest absolute Gasteiger partial charge is 0.310 e. The van der Waals surface area contributed by atoms with Gasteiger partial charge in [-0.15, -0.1) is 0 Å². The second kappa shape index (κ2) is 7.53. The lowest BCUT2D eigenvalue weighted by atomic mass is 9.91. The Kier molecular flexibility index (Phi) is 5.94. The maximum absolute atomic E-state index is 12.3. The fraction of sp³-hybridized carbons (Fsp3) is 0.688. The Hall–Kier alpha value is -0.980. The third-order valence-corrected chi connectivity index (χ3v) is 6.74. The van der Waals surface area contributed by atoms with Crippen molar-refractivity contribution in [2.24, 2.45) is 5.92 Å². The average Bonchev–Trinajstić information content (AvgIpc) is 2.53. The molecule has 0 spiro atoms. The lowest BCUT2D eigenvalue weighted by Gasteiger charge is -2.38. The van der Waals surface area contributed by atoms with E-state index in [0.29, 0.717) is 25.0 Å². The molecule has 2 atom stereocenters. The molecule has 1 aromatic heterocycles. The third-order valence-electron chi connectivity index (χ3n) is 4.49. The number of hydrogen-bond donors (Lipinski definition) is 1. The molecular weight excluding hydrogens is 298 g/mol. The van der Waals surface area contributed by atoms with Gasteiger partial charge in [0.1, 0.15) is 0 Å². The zero-order valence-corrected chi connectivity index (χ0v) is 14.5. The van der Waals surface area contributed by atoms with Crippen LogP contribution in [0.2, 0.25) is 0 Å². The van der Waals surface area contributed by atoms with Crippen molar-refractivity contribution in [3.05, 3.63) is 30.1 Å². The van der Waals surface area contributed by atoms with Gasteiger partial charge in [-0.05, 0) is 43.9 Å². The van der Waals surface area contributed by atoms with Crippen LogP contribution in [0.4, 0.5) is 0 Å². The highest BCUT2D eigenvalue weighted by molar-refractivity contribution is 7.89. The Bertz CT molecular complexity index is 560. The maximum Gasteiger partial charge on any atom is 0.216 e. The zero-order valence-electron chi connectivity index (χ0n) is 13.7. The molecule has 6 heteroatoms. The van der Waals surface area contributed by atoms with Gasteiger partial charge < -0.3 is 5.32 Å². The van der Waals surface area contributed by atoms with Crippen molar-refractivity contribution in [2.45, 2.75) is 51.4 Å². The Balaban J connectivity index is 1.96. The van der Waals surface area contributed by atoms with Crippen LogP contribution in [0.1, 0.15) is 39.2 Å². The van der Waals surface area contributed by atoms with E-state index in [2.05, 4.69) is 17.2 Å². The van der Waals surface area contributed by atoms with Gasteiger partial charge in [0, 0.05) is 38.1 Å². The smallest absolute Gasteiger partial charge is 0.216 e. The summed E-state index contributed by atoms with van der Waals surface area (Å²) >= 11 is 0. The Morgan fingerprint density at radius 3 is 2.64 bits per heavy atom. The molecule has 0 amide bonds. The lowest BCUT2D eigenvalue weighted by Crippen LogP contribution is -2.51. The summed E-state index contributed by atoms with van der Waals surface area (Å²) in [6.45, 7) is 7.70. The standard InChI is InChI=1S/C16H27N3O2S/c1-4-15-12-19(22(20,21)13(2)3)10-7-16(15)18-11-14-5-8-17-9-6-14/h5-6,8-9,13,15-16,18H,4,7,10-12H2,1-3H3/t15-,16-/m1/s1. The fourth-order valence-electron chi connectivity index (χ4n) is 2.96. The molecule has 0 aliphatic carbocycles. The zero-order chi connectivity index (χ0) is 16.2. The van der Waals surface area contributed by atoms with Crippen molar-refractivity contribution in [1.29, 1.82) is 0 Å². The molecule has 124 valence electrons. The molecule has 1 aromatic rings. The average molecular weight is 325 g/mol. The molecule has 2 heterocycles. The van der Waals surface area contributed by atoms with Crippen LogP contribution in [-0.2, 0) is 16.6 Å². The Morgan fingerprint density at radius 2 is 2.05 bits per heavy atom. The molecule has 1 aliphatic rings. The van der Waals surface area contributed by atoms with Crippen molar-refractivity contribution in [3.63, 3.8) is 0 Å². The summed E-state index contributed by atoms with van der Waals surface area (Å²) in [6, 6.07) is 4.38. The molecular formula is C16H27N3O2S. The van der Waals surface area contributed by atoms with E-state index < -0.39 is 10.0 Å². The predicted molar refractivity (Wildman–Crippen MR) is 88.9 cm³/mol. The van der Waals surface area contributed by atoms with Gasteiger partial charge in [0.05, 0.1) is 5.25 Å².